The highest BCUT2D eigenvalue weighted by molar-refractivity contribution is 5.89. The third-order valence-electron chi connectivity index (χ3n) is 3.51. The van der Waals surface area contributed by atoms with E-state index in [9.17, 15) is 4.79 Å². The molecular weight excluding hydrogens is 256 g/mol. The van der Waals surface area contributed by atoms with Crippen molar-refractivity contribution in [3.05, 3.63) is 35.4 Å². The third kappa shape index (κ3) is 4.05. The van der Waals surface area contributed by atoms with Crippen LogP contribution < -0.4 is 0 Å². The summed E-state index contributed by atoms with van der Waals surface area (Å²) in [7, 11) is 1.38. The third-order valence-corrected chi connectivity index (χ3v) is 3.51. The summed E-state index contributed by atoms with van der Waals surface area (Å²) in [6.07, 6.45) is 2.62. The van der Waals surface area contributed by atoms with Gasteiger partial charge >= 0.3 is 5.97 Å². The first-order valence-electron chi connectivity index (χ1n) is 7.02. The van der Waals surface area contributed by atoms with Crippen LogP contribution in [-0.2, 0) is 20.8 Å². The summed E-state index contributed by atoms with van der Waals surface area (Å²) in [5.74, 6) is -0.315. The number of methoxy groups -OCH3 is 1. The van der Waals surface area contributed by atoms with Crippen molar-refractivity contribution in [1.29, 1.82) is 0 Å². The summed E-state index contributed by atoms with van der Waals surface area (Å²) in [6.45, 7) is 4.72. The van der Waals surface area contributed by atoms with Crippen LogP contribution in [-0.4, -0.2) is 31.4 Å². The summed E-state index contributed by atoms with van der Waals surface area (Å²) < 4.78 is 16.3. The number of hydrogen-bond acceptors (Lipinski definition) is 4. The molecule has 1 heterocycles. The van der Waals surface area contributed by atoms with Gasteiger partial charge in [0.25, 0.3) is 0 Å². The Hall–Kier alpha value is -1.39. The number of hydrogen-bond donors (Lipinski definition) is 0. The maximum Gasteiger partial charge on any atom is 0.337 e. The molecule has 0 N–H and O–H groups in total. The molecule has 20 heavy (non-hydrogen) atoms. The molecule has 4 heteroatoms. The van der Waals surface area contributed by atoms with E-state index in [1.54, 1.807) is 12.1 Å². The second-order valence-electron chi connectivity index (χ2n) is 5.35. The van der Waals surface area contributed by atoms with E-state index in [-0.39, 0.29) is 24.3 Å². The molecule has 1 aliphatic heterocycles. The number of esters is 1. The molecule has 0 bridgehead atoms. The summed E-state index contributed by atoms with van der Waals surface area (Å²) in [5, 5.41) is 0. The zero-order valence-corrected chi connectivity index (χ0v) is 12.3. The topological polar surface area (TPSA) is 44.8 Å². The van der Waals surface area contributed by atoms with E-state index in [0.717, 1.165) is 18.4 Å². The van der Waals surface area contributed by atoms with Crippen LogP contribution in [0.25, 0.3) is 0 Å². The molecule has 0 spiro atoms. The summed E-state index contributed by atoms with van der Waals surface area (Å²) in [6, 6.07) is 7.33. The van der Waals surface area contributed by atoms with Gasteiger partial charge in [-0.15, -0.1) is 0 Å². The standard InChI is InChI=1S/C16H22O4/c1-11-8-15(9-12(2)20-11)19-10-13-4-6-14(7-5-13)16(17)18-3/h4-7,11-12,15H,8-10H2,1-3H3. The Morgan fingerprint density at radius 1 is 1.20 bits per heavy atom. The van der Waals surface area contributed by atoms with Crippen LogP contribution >= 0.6 is 0 Å². The molecule has 1 aromatic carbocycles. The van der Waals surface area contributed by atoms with Gasteiger partial charge in [0.2, 0.25) is 0 Å². The lowest BCUT2D eigenvalue weighted by Gasteiger charge is -2.32. The molecule has 2 rings (SSSR count). The molecule has 1 aliphatic rings. The second kappa shape index (κ2) is 6.86. The molecule has 0 saturated carbocycles. The van der Waals surface area contributed by atoms with Crippen molar-refractivity contribution in [3.63, 3.8) is 0 Å². The minimum atomic E-state index is -0.315. The minimum absolute atomic E-state index is 0.244. The number of rotatable bonds is 4. The highest BCUT2D eigenvalue weighted by Gasteiger charge is 2.24. The first-order valence-corrected chi connectivity index (χ1v) is 7.02. The monoisotopic (exact) mass is 278 g/mol. The average molecular weight is 278 g/mol. The molecule has 0 aromatic heterocycles. The Kier molecular flexibility index (Phi) is 5.15. The largest absolute Gasteiger partial charge is 0.465 e. The van der Waals surface area contributed by atoms with Crippen LogP contribution in [0, 0.1) is 0 Å². The fourth-order valence-electron chi connectivity index (χ4n) is 2.55. The lowest BCUT2D eigenvalue weighted by Crippen LogP contribution is -2.33. The van der Waals surface area contributed by atoms with Crippen LogP contribution in [0.5, 0.6) is 0 Å². The lowest BCUT2D eigenvalue weighted by atomic mass is 10.0. The van der Waals surface area contributed by atoms with E-state index >= 15 is 0 Å². The van der Waals surface area contributed by atoms with Gasteiger partial charge in [0, 0.05) is 0 Å². The van der Waals surface area contributed by atoms with Gasteiger partial charge in [-0.25, -0.2) is 4.79 Å². The zero-order valence-electron chi connectivity index (χ0n) is 12.3. The van der Waals surface area contributed by atoms with Gasteiger partial charge in [-0.3, -0.25) is 0 Å². The highest BCUT2D eigenvalue weighted by Crippen LogP contribution is 2.22. The predicted octanol–water partition coefficient (Wildman–Crippen LogP) is 2.95. The molecule has 4 nitrogen and oxygen atoms in total. The summed E-state index contributed by atoms with van der Waals surface area (Å²) >= 11 is 0. The van der Waals surface area contributed by atoms with Crippen LogP contribution in [0.3, 0.4) is 0 Å². The Morgan fingerprint density at radius 3 is 2.35 bits per heavy atom. The molecule has 110 valence electrons. The molecule has 1 fully saturated rings. The van der Waals surface area contributed by atoms with Gasteiger partial charge in [-0.2, -0.15) is 0 Å². The number of benzene rings is 1. The molecule has 0 amide bonds. The van der Waals surface area contributed by atoms with E-state index in [0.29, 0.717) is 12.2 Å². The van der Waals surface area contributed by atoms with Crippen molar-refractivity contribution in [3.8, 4) is 0 Å². The van der Waals surface area contributed by atoms with E-state index in [4.69, 9.17) is 9.47 Å². The number of carbonyl (C=O) groups excluding carboxylic acids is 1. The Balaban J connectivity index is 1.86. The molecule has 1 saturated heterocycles. The molecule has 1 aromatic rings. The first-order chi connectivity index (χ1) is 9.58. The Morgan fingerprint density at radius 2 is 1.80 bits per heavy atom. The normalized spacial score (nSPS) is 26.2. The fraction of sp³-hybridized carbons (Fsp3) is 0.562. The summed E-state index contributed by atoms with van der Waals surface area (Å²) in [4.78, 5) is 11.3. The van der Waals surface area contributed by atoms with Crippen molar-refractivity contribution in [2.45, 2.75) is 51.6 Å². The van der Waals surface area contributed by atoms with E-state index in [1.807, 2.05) is 12.1 Å². The predicted molar refractivity (Wildman–Crippen MR) is 75.6 cm³/mol. The van der Waals surface area contributed by atoms with Crippen LogP contribution in [0.4, 0.5) is 0 Å². The van der Waals surface area contributed by atoms with E-state index < -0.39 is 0 Å². The molecule has 0 radical (unpaired) electrons. The van der Waals surface area contributed by atoms with Crippen LogP contribution in [0.1, 0.15) is 42.6 Å². The highest BCUT2D eigenvalue weighted by atomic mass is 16.5. The fourth-order valence-corrected chi connectivity index (χ4v) is 2.55. The quantitative estimate of drug-likeness (QED) is 0.794. The molecule has 0 aliphatic carbocycles. The van der Waals surface area contributed by atoms with Crippen LogP contribution in [0.15, 0.2) is 24.3 Å². The van der Waals surface area contributed by atoms with Gasteiger partial charge in [0.15, 0.2) is 0 Å². The van der Waals surface area contributed by atoms with Crippen molar-refractivity contribution in [2.24, 2.45) is 0 Å². The van der Waals surface area contributed by atoms with Crippen molar-refractivity contribution in [1.82, 2.24) is 0 Å². The smallest absolute Gasteiger partial charge is 0.337 e. The average Bonchev–Trinajstić information content (AvgIpc) is 2.44. The minimum Gasteiger partial charge on any atom is -0.465 e. The van der Waals surface area contributed by atoms with Crippen molar-refractivity contribution >= 4 is 5.97 Å². The van der Waals surface area contributed by atoms with Crippen molar-refractivity contribution in [2.75, 3.05) is 7.11 Å². The Bertz CT molecular complexity index is 430. The SMILES string of the molecule is COC(=O)c1ccc(COC2CC(C)OC(C)C2)cc1. The zero-order chi connectivity index (χ0) is 14.5. The first kappa shape index (κ1) is 15.0. The van der Waals surface area contributed by atoms with Gasteiger partial charge in [-0.1, -0.05) is 12.1 Å². The number of carbonyl (C=O) groups is 1. The van der Waals surface area contributed by atoms with E-state index in [1.165, 1.54) is 7.11 Å². The van der Waals surface area contributed by atoms with Crippen LogP contribution in [0.2, 0.25) is 0 Å². The summed E-state index contributed by atoms with van der Waals surface area (Å²) in [5.41, 5.74) is 1.62. The van der Waals surface area contributed by atoms with E-state index in [2.05, 4.69) is 18.6 Å². The van der Waals surface area contributed by atoms with Gasteiger partial charge in [-0.05, 0) is 44.4 Å². The molecular formula is C16H22O4. The second-order valence-corrected chi connectivity index (χ2v) is 5.35. The van der Waals surface area contributed by atoms with Gasteiger partial charge in [0.1, 0.15) is 0 Å². The number of ether oxygens (including phenoxy) is 3. The maximum absolute atomic E-state index is 11.3. The molecule has 2 unspecified atom stereocenters. The van der Waals surface area contributed by atoms with Gasteiger partial charge < -0.3 is 14.2 Å². The molecule has 2 atom stereocenters. The van der Waals surface area contributed by atoms with Crippen molar-refractivity contribution < 1.29 is 19.0 Å². The van der Waals surface area contributed by atoms with Gasteiger partial charge in [0.05, 0.1) is 37.6 Å². The Labute approximate surface area is 120 Å². The maximum atomic E-state index is 11.3. The lowest BCUT2D eigenvalue weighted by molar-refractivity contribution is -0.106.